The molecule has 0 atom stereocenters. The molecule has 0 saturated carbocycles. The van der Waals surface area contributed by atoms with Crippen LogP contribution in [0.5, 0.6) is 5.75 Å². The van der Waals surface area contributed by atoms with E-state index in [1.807, 2.05) is 79.0 Å². The summed E-state index contributed by atoms with van der Waals surface area (Å²) >= 11 is 3.60. The number of carbonyl (C=O) groups is 1. The van der Waals surface area contributed by atoms with Gasteiger partial charge in [0.15, 0.2) is 0 Å². The third-order valence-electron chi connectivity index (χ3n) is 6.36. The van der Waals surface area contributed by atoms with Crippen molar-refractivity contribution in [2.45, 2.75) is 46.6 Å². The van der Waals surface area contributed by atoms with Gasteiger partial charge >= 0.3 is 5.97 Å². The van der Waals surface area contributed by atoms with E-state index in [1.165, 1.54) is 0 Å². The van der Waals surface area contributed by atoms with Crippen molar-refractivity contribution in [3.05, 3.63) is 95.1 Å². The van der Waals surface area contributed by atoms with Crippen molar-refractivity contribution in [1.29, 1.82) is 0 Å². The number of hydrogen-bond acceptors (Lipinski definition) is 4. The lowest BCUT2D eigenvalue weighted by Gasteiger charge is -2.34. The third-order valence-corrected chi connectivity index (χ3v) is 6.83. The standard InChI is InChI=1S/C32H32BrN3O2/c1-31(2,3)20-32(4,5)35-29-28(34-27-18-15-23(33)19-36(27)29)22-13-16-24(17-14-22)38-30(37)26-12-8-10-21-9-6-7-11-25(21)26/h6-19,35H,20H2,1-5H3. The molecule has 38 heavy (non-hydrogen) atoms. The van der Waals surface area contributed by atoms with E-state index in [1.54, 1.807) is 6.07 Å². The van der Waals surface area contributed by atoms with Gasteiger partial charge in [0.05, 0.1) is 5.56 Å². The quantitative estimate of drug-likeness (QED) is 0.164. The van der Waals surface area contributed by atoms with E-state index in [4.69, 9.17) is 9.72 Å². The van der Waals surface area contributed by atoms with Crippen LogP contribution < -0.4 is 10.1 Å². The monoisotopic (exact) mass is 569 g/mol. The zero-order valence-electron chi connectivity index (χ0n) is 22.4. The topological polar surface area (TPSA) is 55.6 Å². The Morgan fingerprint density at radius 1 is 0.921 bits per heavy atom. The van der Waals surface area contributed by atoms with Crippen molar-refractivity contribution in [3.63, 3.8) is 0 Å². The number of nitrogens with zero attached hydrogens (tertiary/aromatic N) is 2. The molecule has 0 bridgehead atoms. The van der Waals surface area contributed by atoms with Crippen molar-refractivity contribution < 1.29 is 9.53 Å². The van der Waals surface area contributed by atoms with Crippen LogP contribution >= 0.6 is 15.9 Å². The number of benzene rings is 3. The number of anilines is 1. The van der Waals surface area contributed by atoms with E-state index in [0.29, 0.717) is 11.3 Å². The molecule has 0 saturated heterocycles. The lowest BCUT2D eigenvalue weighted by atomic mass is 9.82. The molecule has 5 aromatic rings. The number of esters is 1. The average molecular weight is 571 g/mol. The van der Waals surface area contributed by atoms with Gasteiger partial charge in [-0.2, -0.15) is 0 Å². The van der Waals surface area contributed by atoms with Crippen LogP contribution in [0.4, 0.5) is 5.82 Å². The van der Waals surface area contributed by atoms with E-state index >= 15 is 0 Å². The summed E-state index contributed by atoms with van der Waals surface area (Å²) < 4.78 is 8.81. The molecule has 1 N–H and O–H groups in total. The van der Waals surface area contributed by atoms with Gasteiger partial charge in [0.25, 0.3) is 0 Å². The summed E-state index contributed by atoms with van der Waals surface area (Å²) in [6, 6.07) is 25.0. The number of pyridine rings is 1. The van der Waals surface area contributed by atoms with Gasteiger partial charge in [-0.1, -0.05) is 57.2 Å². The molecule has 0 spiro atoms. The number of halogens is 1. The Bertz CT molecular complexity index is 1620. The van der Waals surface area contributed by atoms with E-state index < -0.39 is 0 Å². The van der Waals surface area contributed by atoms with E-state index in [0.717, 1.165) is 44.4 Å². The first-order chi connectivity index (χ1) is 18.0. The van der Waals surface area contributed by atoms with Crippen LogP contribution in [0.25, 0.3) is 27.7 Å². The third kappa shape index (κ3) is 5.60. The highest BCUT2D eigenvalue weighted by Crippen LogP contribution is 2.36. The molecule has 6 heteroatoms. The van der Waals surface area contributed by atoms with Crippen LogP contribution in [-0.4, -0.2) is 20.9 Å². The fourth-order valence-corrected chi connectivity index (χ4v) is 5.61. The van der Waals surface area contributed by atoms with E-state index in [-0.39, 0.29) is 16.9 Å². The highest BCUT2D eigenvalue weighted by Gasteiger charge is 2.28. The molecule has 5 nitrogen and oxygen atoms in total. The summed E-state index contributed by atoms with van der Waals surface area (Å²) in [5.41, 5.74) is 3.17. The van der Waals surface area contributed by atoms with Crippen molar-refractivity contribution in [2.75, 3.05) is 5.32 Å². The Kier molecular flexibility index (Phi) is 6.78. The van der Waals surface area contributed by atoms with E-state index in [2.05, 4.69) is 60.3 Å². The molecule has 0 aliphatic carbocycles. The van der Waals surface area contributed by atoms with Crippen molar-refractivity contribution in [2.24, 2.45) is 5.41 Å². The Morgan fingerprint density at radius 2 is 1.63 bits per heavy atom. The number of ether oxygens (including phenoxy) is 1. The lowest BCUT2D eigenvalue weighted by molar-refractivity contribution is 0.0737. The molecule has 2 heterocycles. The van der Waals surface area contributed by atoms with Gasteiger partial charge in [-0.05, 0) is 94.9 Å². The fourth-order valence-electron chi connectivity index (χ4n) is 5.28. The molecule has 3 aromatic carbocycles. The molecular formula is C32H32BrN3O2. The summed E-state index contributed by atoms with van der Waals surface area (Å²) in [5.74, 6) is 1.04. The number of carbonyl (C=O) groups excluding carboxylic acids is 1. The summed E-state index contributed by atoms with van der Waals surface area (Å²) in [6.07, 6.45) is 3.01. The number of imidazole rings is 1. The van der Waals surface area contributed by atoms with Gasteiger partial charge in [0.1, 0.15) is 22.9 Å². The first kappa shape index (κ1) is 26.0. The molecule has 5 rings (SSSR count). The van der Waals surface area contributed by atoms with Gasteiger partial charge in [0, 0.05) is 21.8 Å². The first-order valence-electron chi connectivity index (χ1n) is 12.8. The predicted molar refractivity (Wildman–Crippen MR) is 159 cm³/mol. The fraction of sp³-hybridized carbons (Fsp3) is 0.250. The van der Waals surface area contributed by atoms with E-state index in [9.17, 15) is 4.79 Å². The van der Waals surface area contributed by atoms with Crippen molar-refractivity contribution >= 4 is 44.1 Å². The van der Waals surface area contributed by atoms with Gasteiger partial charge in [-0.25, -0.2) is 9.78 Å². The molecule has 0 fully saturated rings. The molecule has 0 unspecified atom stereocenters. The second-order valence-corrected chi connectivity index (χ2v) is 12.5. The van der Waals surface area contributed by atoms with Crippen LogP contribution in [0.1, 0.15) is 51.4 Å². The molecule has 0 radical (unpaired) electrons. The summed E-state index contributed by atoms with van der Waals surface area (Å²) in [6.45, 7) is 11.2. The summed E-state index contributed by atoms with van der Waals surface area (Å²) in [7, 11) is 0. The Balaban J connectivity index is 1.46. The zero-order valence-corrected chi connectivity index (χ0v) is 24.0. The highest BCUT2D eigenvalue weighted by molar-refractivity contribution is 9.10. The SMILES string of the molecule is CC(C)(C)CC(C)(C)Nc1c(-c2ccc(OC(=O)c3cccc4ccccc34)cc2)nc2ccc(Br)cn12. The Morgan fingerprint density at radius 3 is 2.37 bits per heavy atom. The van der Waals surface area contributed by atoms with Crippen molar-refractivity contribution in [3.8, 4) is 17.0 Å². The van der Waals surface area contributed by atoms with Gasteiger partial charge in [0.2, 0.25) is 0 Å². The Hall–Kier alpha value is -3.64. The molecule has 2 aromatic heterocycles. The van der Waals surface area contributed by atoms with Crippen molar-refractivity contribution in [1.82, 2.24) is 9.38 Å². The molecule has 0 amide bonds. The minimum atomic E-state index is -0.376. The number of nitrogens with one attached hydrogen (secondary N) is 1. The Labute approximate surface area is 232 Å². The number of rotatable bonds is 6. The highest BCUT2D eigenvalue weighted by atomic mass is 79.9. The van der Waals surface area contributed by atoms with Crippen LogP contribution in [0.2, 0.25) is 0 Å². The minimum Gasteiger partial charge on any atom is -0.423 e. The maximum atomic E-state index is 13.0. The second-order valence-electron chi connectivity index (χ2n) is 11.6. The smallest absolute Gasteiger partial charge is 0.344 e. The molecule has 0 aliphatic heterocycles. The maximum absolute atomic E-state index is 13.0. The van der Waals surface area contributed by atoms with Crippen LogP contribution in [0, 0.1) is 5.41 Å². The van der Waals surface area contributed by atoms with Crippen LogP contribution in [0.3, 0.4) is 0 Å². The molecule has 0 aliphatic rings. The molecule has 194 valence electrons. The number of hydrogen-bond donors (Lipinski definition) is 1. The lowest BCUT2D eigenvalue weighted by Crippen LogP contribution is -2.36. The van der Waals surface area contributed by atoms with Crippen LogP contribution in [0.15, 0.2) is 89.5 Å². The predicted octanol–water partition coefficient (Wildman–Crippen LogP) is 8.76. The van der Waals surface area contributed by atoms with Gasteiger partial charge in [-0.3, -0.25) is 4.40 Å². The summed E-state index contributed by atoms with van der Waals surface area (Å²) in [4.78, 5) is 18.0. The second kappa shape index (κ2) is 9.91. The minimum absolute atomic E-state index is 0.160. The van der Waals surface area contributed by atoms with Gasteiger partial charge in [-0.15, -0.1) is 0 Å². The largest absolute Gasteiger partial charge is 0.423 e. The van der Waals surface area contributed by atoms with Crippen LogP contribution in [-0.2, 0) is 0 Å². The molecular weight excluding hydrogens is 538 g/mol. The average Bonchev–Trinajstić information content (AvgIpc) is 3.19. The van der Waals surface area contributed by atoms with Gasteiger partial charge < -0.3 is 10.1 Å². The normalized spacial score (nSPS) is 12.2. The first-order valence-corrected chi connectivity index (χ1v) is 13.5. The maximum Gasteiger partial charge on any atom is 0.344 e. The number of aromatic nitrogens is 2. The zero-order chi connectivity index (χ0) is 27.1. The summed E-state index contributed by atoms with van der Waals surface area (Å²) in [5, 5.41) is 5.65. The number of fused-ring (bicyclic) bond motifs is 2.